The van der Waals surface area contributed by atoms with Gasteiger partial charge in [-0.05, 0) is 42.2 Å². The van der Waals surface area contributed by atoms with Crippen LogP contribution >= 0.6 is 0 Å². The van der Waals surface area contributed by atoms with E-state index in [4.69, 9.17) is 0 Å². The first-order valence-electron chi connectivity index (χ1n) is 8.02. The molecule has 0 amide bonds. The van der Waals surface area contributed by atoms with Crippen molar-refractivity contribution >= 4 is 5.69 Å². The van der Waals surface area contributed by atoms with Crippen LogP contribution in [0.1, 0.15) is 42.4 Å². The monoisotopic (exact) mass is 287 g/mol. The fraction of sp³-hybridized carbons (Fsp3) is 0.238. The number of allylic oxidation sites excluding steroid dienone is 4. The normalized spacial score (nSPS) is 21.1. The quantitative estimate of drug-likeness (QED) is 0.747. The van der Waals surface area contributed by atoms with Crippen molar-refractivity contribution in [3.05, 3.63) is 88.5 Å². The van der Waals surface area contributed by atoms with Crippen LogP contribution in [0.2, 0.25) is 0 Å². The van der Waals surface area contributed by atoms with E-state index in [0.29, 0.717) is 11.8 Å². The van der Waals surface area contributed by atoms with E-state index in [9.17, 15) is 0 Å². The minimum Gasteiger partial charge on any atom is -0.381 e. The predicted molar refractivity (Wildman–Crippen MR) is 93.2 cm³/mol. The molecule has 22 heavy (non-hydrogen) atoms. The fourth-order valence-electron chi connectivity index (χ4n) is 3.92. The number of anilines is 1. The van der Waals surface area contributed by atoms with E-state index >= 15 is 0 Å². The number of hydrogen-bond acceptors (Lipinski definition) is 1. The Morgan fingerprint density at radius 3 is 2.45 bits per heavy atom. The van der Waals surface area contributed by atoms with Crippen molar-refractivity contribution < 1.29 is 0 Å². The molecular formula is C21H21N. The molecule has 0 fully saturated rings. The summed E-state index contributed by atoms with van der Waals surface area (Å²) in [5.74, 6) is 0.980. The van der Waals surface area contributed by atoms with Crippen molar-refractivity contribution in [3.63, 3.8) is 0 Å². The molecule has 2 aliphatic rings. The molecule has 2 bridgehead atoms. The minimum absolute atomic E-state index is 0.476. The SMILES string of the molecule is CC(C)=C1[C@H]2C=C[C@@H]1c1c(NCc3ccccc3)cccc12. The number of fused-ring (bicyclic) bond motifs is 5. The zero-order chi connectivity index (χ0) is 15.1. The molecular weight excluding hydrogens is 266 g/mol. The Kier molecular flexibility index (Phi) is 3.15. The molecule has 0 saturated carbocycles. The largest absolute Gasteiger partial charge is 0.381 e. The van der Waals surface area contributed by atoms with Crippen LogP contribution in [-0.2, 0) is 6.54 Å². The smallest absolute Gasteiger partial charge is 0.0400 e. The van der Waals surface area contributed by atoms with E-state index in [-0.39, 0.29) is 0 Å². The lowest BCUT2D eigenvalue weighted by molar-refractivity contribution is 0.991. The van der Waals surface area contributed by atoms with Crippen molar-refractivity contribution in [3.8, 4) is 0 Å². The Hall–Kier alpha value is -2.28. The topological polar surface area (TPSA) is 12.0 Å². The number of rotatable bonds is 3. The van der Waals surface area contributed by atoms with E-state index in [1.807, 2.05) is 0 Å². The maximum Gasteiger partial charge on any atom is 0.0400 e. The van der Waals surface area contributed by atoms with Gasteiger partial charge in [0.15, 0.2) is 0 Å². The lowest BCUT2D eigenvalue weighted by Gasteiger charge is -2.16. The Morgan fingerprint density at radius 1 is 0.909 bits per heavy atom. The van der Waals surface area contributed by atoms with Gasteiger partial charge in [-0.15, -0.1) is 0 Å². The average molecular weight is 287 g/mol. The lowest BCUT2D eigenvalue weighted by Crippen LogP contribution is -2.04. The molecule has 0 saturated heterocycles. The summed E-state index contributed by atoms with van der Waals surface area (Å²) < 4.78 is 0. The Morgan fingerprint density at radius 2 is 1.68 bits per heavy atom. The van der Waals surface area contributed by atoms with Crippen LogP contribution in [-0.4, -0.2) is 0 Å². The van der Waals surface area contributed by atoms with Crippen LogP contribution in [0.4, 0.5) is 5.69 Å². The first-order chi connectivity index (χ1) is 10.8. The first kappa shape index (κ1) is 13.4. The summed E-state index contributed by atoms with van der Waals surface area (Å²) >= 11 is 0. The molecule has 0 aliphatic heterocycles. The summed E-state index contributed by atoms with van der Waals surface area (Å²) in [5.41, 5.74) is 8.64. The molecule has 1 N–H and O–H groups in total. The van der Waals surface area contributed by atoms with Crippen LogP contribution in [0.25, 0.3) is 0 Å². The molecule has 2 aromatic carbocycles. The zero-order valence-electron chi connectivity index (χ0n) is 13.1. The summed E-state index contributed by atoms with van der Waals surface area (Å²) in [4.78, 5) is 0. The van der Waals surface area contributed by atoms with Gasteiger partial charge >= 0.3 is 0 Å². The molecule has 0 spiro atoms. The van der Waals surface area contributed by atoms with Gasteiger partial charge in [-0.3, -0.25) is 0 Å². The fourth-order valence-corrected chi connectivity index (χ4v) is 3.92. The van der Waals surface area contributed by atoms with Crippen molar-refractivity contribution in [2.75, 3.05) is 5.32 Å². The van der Waals surface area contributed by atoms with Gasteiger partial charge in [0.05, 0.1) is 0 Å². The summed E-state index contributed by atoms with van der Waals surface area (Å²) in [6, 6.07) is 17.3. The van der Waals surface area contributed by atoms with Gasteiger partial charge in [0.2, 0.25) is 0 Å². The molecule has 0 aromatic heterocycles. The standard InChI is InChI=1S/C21H21N/c1-14(2)20-17-11-12-18(20)21-16(17)9-6-10-19(21)22-13-15-7-4-3-5-8-15/h3-12,17-18,22H,13H2,1-2H3/t17-,18-/m0/s1. The molecule has 110 valence electrons. The van der Waals surface area contributed by atoms with Crippen molar-refractivity contribution in [1.82, 2.24) is 0 Å². The second-order valence-electron chi connectivity index (χ2n) is 6.44. The molecule has 4 rings (SSSR count). The highest BCUT2D eigenvalue weighted by Gasteiger charge is 2.39. The summed E-state index contributed by atoms with van der Waals surface area (Å²) in [6.07, 6.45) is 4.75. The van der Waals surface area contributed by atoms with Gasteiger partial charge < -0.3 is 5.32 Å². The average Bonchev–Trinajstić information content (AvgIpc) is 3.11. The second kappa shape index (κ2) is 5.17. The highest BCUT2D eigenvalue weighted by Crippen LogP contribution is 2.55. The van der Waals surface area contributed by atoms with E-state index in [2.05, 4.69) is 79.8 Å². The minimum atomic E-state index is 0.476. The van der Waals surface area contributed by atoms with Crippen LogP contribution in [0.3, 0.4) is 0 Å². The molecule has 0 heterocycles. The molecule has 0 unspecified atom stereocenters. The third-order valence-corrected chi connectivity index (χ3v) is 4.86. The Labute approximate surface area is 132 Å². The highest BCUT2D eigenvalue weighted by atomic mass is 14.9. The van der Waals surface area contributed by atoms with Gasteiger partial charge in [-0.25, -0.2) is 0 Å². The second-order valence-corrected chi connectivity index (χ2v) is 6.44. The first-order valence-corrected chi connectivity index (χ1v) is 8.02. The molecule has 2 aromatic rings. The van der Waals surface area contributed by atoms with Crippen molar-refractivity contribution in [1.29, 1.82) is 0 Å². The summed E-state index contributed by atoms with van der Waals surface area (Å²) in [6.45, 7) is 5.36. The predicted octanol–water partition coefficient (Wildman–Crippen LogP) is 5.39. The molecule has 1 nitrogen and oxygen atoms in total. The van der Waals surface area contributed by atoms with Gasteiger partial charge in [0.1, 0.15) is 0 Å². The van der Waals surface area contributed by atoms with Crippen molar-refractivity contribution in [2.24, 2.45) is 0 Å². The molecule has 2 atom stereocenters. The number of nitrogens with one attached hydrogen (secondary N) is 1. The maximum atomic E-state index is 3.65. The molecule has 1 heteroatoms. The van der Waals surface area contributed by atoms with Gasteiger partial charge in [-0.2, -0.15) is 0 Å². The van der Waals surface area contributed by atoms with E-state index in [1.54, 1.807) is 5.57 Å². The van der Waals surface area contributed by atoms with Crippen LogP contribution in [0.15, 0.2) is 71.8 Å². The molecule has 2 aliphatic carbocycles. The third-order valence-electron chi connectivity index (χ3n) is 4.86. The molecule has 0 radical (unpaired) electrons. The van der Waals surface area contributed by atoms with Crippen molar-refractivity contribution in [2.45, 2.75) is 32.2 Å². The van der Waals surface area contributed by atoms with Crippen LogP contribution in [0.5, 0.6) is 0 Å². The van der Waals surface area contributed by atoms with Gasteiger partial charge in [0.25, 0.3) is 0 Å². The lowest BCUT2D eigenvalue weighted by atomic mass is 9.95. The third kappa shape index (κ3) is 2.00. The van der Waals surface area contributed by atoms with E-state index < -0.39 is 0 Å². The van der Waals surface area contributed by atoms with E-state index in [1.165, 1.54) is 28.0 Å². The maximum absolute atomic E-state index is 3.65. The van der Waals surface area contributed by atoms with Gasteiger partial charge in [0, 0.05) is 24.1 Å². The van der Waals surface area contributed by atoms with Crippen LogP contribution < -0.4 is 5.32 Å². The number of hydrogen-bond donors (Lipinski definition) is 1. The van der Waals surface area contributed by atoms with Crippen LogP contribution in [0, 0.1) is 0 Å². The zero-order valence-corrected chi connectivity index (χ0v) is 13.1. The Bertz CT molecular complexity index is 764. The van der Waals surface area contributed by atoms with Gasteiger partial charge in [-0.1, -0.05) is 60.2 Å². The van der Waals surface area contributed by atoms with E-state index in [0.717, 1.165) is 6.54 Å². The number of benzene rings is 2. The highest BCUT2D eigenvalue weighted by molar-refractivity contribution is 5.70. The summed E-state index contributed by atoms with van der Waals surface area (Å²) in [5, 5.41) is 3.65. The Balaban J connectivity index is 1.67. The summed E-state index contributed by atoms with van der Waals surface area (Å²) in [7, 11) is 0.